The van der Waals surface area contributed by atoms with Crippen molar-refractivity contribution in [2.75, 3.05) is 31.2 Å². The maximum absolute atomic E-state index is 5.59. The molecule has 1 aliphatic heterocycles. The van der Waals surface area contributed by atoms with Crippen LogP contribution < -0.4 is 4.90 Å². The van der Waals surface area contributed by atoms with E-state index in [0.29, 0.717) is 12.4 Å². The first-order valence-electron chi connectivity index (χ1n) is 8.19. The van der Waals surface area contributed by atoms with Gasteiger partial charge < -0.3 is 9.64 Å². The number of rotatable bonds is 2. The van der Waals surface area contributed by atoms with Crippen LogP contribution in [-0.2, 0) is 11.8 Å². The number of pyridine rings is 1. The predicted octanol–water partition coefficient (Wildman–Crippen LogP) is 1.96. The van der Waals surface area contributed by atoms with Gasteiger partial charge in [0.25, 0.3) is 0 Å². The van der Waals surface area contributed by atoms with Gasteiger partial charge in [-0.05, 0) is 25.5 Å². The van der Waals surface area contributed by atoms with Crippen LogP contribution in [0, 0.1) is 6.92 Å². The minimum absolute atomic E-state index is 0.631. The summed E-state index contributed by atoms with van der Waals surface area (Å²) in [5.74, 6) is 1.56. The highest BCUT2D eigenvalue weighted by Crippen LogP contribution is 2.29. The molecule has 3 aromatic heterocycles. The number of ether oxygens (including phenoxy) is 1. The van der Waals surface area contributed by atoms with Gasteiger partial charge in [0.1, 0.15) is 11.5 Å². The van der Waals surface area contributed by atoms with Crippen LogP contribution >= 0.6 is 0 Å². The summed E-state index contributed by atoms with van der Waals surface area (Å²) in [5, 5.41) is 5.55. The Morgan fingerprint density at radius 1 is 1.12 bits per heavy atom. The smallest absolute Gasteiger partial charge is 0.182 e. The summed E-state index contributed by atoms with van der Waals surface area (Å²) in [6, 6.07) is 5.77. The molecule has 0 radical (unpaired) electrons. The molecular formula is C17H20N6O. The molecule has 0 aliphatic carbocycles. The maximum Gasteiger partial charge on any atom is 0.182 e. The molecule has 0 amide bonds. The van der Waals surface area contributed by atoms with Crippen LogP contribution in [0.4, 0.5) is 5.82 Å². The Bertz CT molecular complexity index is 852. The second-order valence-corrected chi connectivity index (χ2v) is 5.95. The van der Waals surface area contributed by atoms with Gasteiger partial charge in [-0.15, -0.1) is 0 Å². The Morgan fingerprint density at radius 3 is 2.88 bits per heavy atom. The van der Waals surface area contributed by atoms with E-state index in [4.69, 9.17) is 14.7 Å². The van der Waals surface area contributed by atoms with Crippen LogP contribution in [0.15, 0.2) is 24.4 Å². The zero-order chi connectivity index (χ0) is 16.5. The SMILES string of the molecule is Cc1nn(C)c2nc(-c3ccccn3)nc(N3CCCOCC3)c12. The molecule has 4 heterocycles. The summed E-state index contributed by atoms with van der Waals surface area (Å²) in [6.07, 6.45) is 2.75. The van der Waals surface area contributed by atoms with Crippen LogP contribution in [0.1, 0.15) is 12.1 Å². The van der Waals surface area contributed by atoms with E-state index in [1.54, 1.807) is 6.20 Å². The predicted molar refractivity (Wildman–Crippen MR) is 91.9 cm³/mol. The number of hydrogen-bond acceptors (Lipinski definition) is 6. The summed E-state index contributed by atoms with van der Waals surface area (Å²) in [4.78, 5) is 16.2. The quantitative estimate of drug-likeness (QED) is 0.718. The first-order valence-corrected chi connectivity index (χ1v) is 8.19. The second-order valence-electron chi connectivity index (χ2n) is 5.95. The average molecular weight is 324 g/mol. The minimum atomic E-state index is 0.631. The van der Waals surface area contributed by atoms with Gasteiger partial charge in [-0.1, -0.05) is 6.07 Å². The van der Waals surface area contributed by atoms with Crippen LogP contribution in [0.3, 0.4) is 0 Å². The molecule has 0 unspecified atom stereocenters. The molecule has 0 N–H and O–H groups in total. The van der Waals surface area contributed by atoms with E-state index in [1.807, 2.05) is 36.9 Å². The van der Waals surface area contributed by atoms with Crippen molar-refractivity contribution in [3.8, 4) is 11.5 Å². The number of nitrogens with zero attached hydrogens (tertiary/aromatic N) is 6. The van der Waals surface area contributed by atoms with Crippen LogP contribution in [0.25, 0.3) is 22.6 Å². The normalized spacial score (nSPS) is 15.7. The standard InChI is InChI=1S/C17H20N6O/c1-12-14-16(22(2)21-12)19-15(13-6-3-4-7-18-13)20-17(14)23-8-5-10-24-11-9-23/h3-4,6-7H,5,8-11H2,1-2H3. The third-order valence-corrected chi connectivity index (χ3v) is 4.25. The van der Waals surface area contributed by atoms with Gasteiger partial charge in [-0.2, -0.15) is 5.10 Å². The fourth-order valence-corrected chi connectivity index (χ4v) is 3.11. The number of aromatic nitrogens is 5. The molecule has 0 aromatic carbocycles. The van der Waals surface area contributed by atoms with Gasteiger partial charge in [-0.25, -0.2) is 9.97 Å². The van der Waals surface area contributed by atoms with Crippen molar-refractivity contribution in [2.45, 2.75) is 13.3 Å². The van der Waals surface area contributed by atoms with Crippen molar-refractivity contribution >= 4 is 16.9 Å². The van der Waals surface area contributed by atoms with Crippen molar-refractivity contribution in [1.82, 2.24) is 24.7 Å². The molecule has 24 heavy (non-hydrogen) atoms. The highest BCUT2D eigenvalue weighted by molar-refractivity contribution is 5.91. The van der Waals surface area contributed by atoms with E-state index in [1.165, 1.54) is 0 Å². The van der Waals surface area contributed by atoms with E-state index < -0.39 is 0 Å². The number of fused-ring (bicyclic) bond motifs is 1. The summed E-state index contributed by atoms with van der Waals surface area (Å²) in [6.45, 7) is 5.25. The molecule has 1 saturated heterocycles. The lowest BCUT2D eigenvalue weighted by Crippen LogP contribution is -2.27. The molecule has 1 aliphatic rings. The highest BCUT2D eigenvalue weighted by atomic mass is 16.5. The third-order valence-electron chi connectivity index (χ3n) is 4.25. The molecule has 0 atom stereocenters. The Hall–Kier alpha value is -2.54. The van der Waals surface area contributed by atoms with E-state index in [0.717, 1.165) is 54.4 Å². The first kappa shape index (κ1) is 15.0. The summed E-state index contributed by atoms with van der Waals surface area (Å²) < 4.78 is 7.41. The fraction of sp³-hybridized carbons (Fsp3) is 0.412. The Kier molecular flexibility index (Phi) is 3.86. The van der Waals surface area contributed by atoms with Gasteiger partial charge in [0.15, 0.2) is 11.5 Å². The first-order chi connectivity index (χ1) is 11.7. The lowest BCUT2D eigenvalue weighted by molar-refractivity contribution is 0.152. The van der Waals surface area contributed by atoms with Gasteiger partial charge in [-0.3, -0.25) is 9.67 Å². The molecule has 1 fully saturated rings. The number of hydrogen-bond donors (Lipinski definition) is 0. The van der Waals surface area contributed by atoms with Crippen molar-refractivity contribution in [3.63, 3.8) is 0 Å². The number of aryl methyl sites for hydroxylation is 2. The monoisotopic (exact) mass is 324 g/mol. The molecule has 124 valence electrons. The Balaban J connectivity index is 1.92. The molecule has 4 rings (SSSR count). The van der Waals surface area contributed by atoms with Crippen molar-refractivity contribution in [1.29, 1.82) is 0 Å². The van der Waals surface area contributed by atoms with Crippen LogP contribution in [0.5, 0.6) is 0 Å². The Labute approximate surface area is 140 Å². The molecule has 7 heteroatoms. The van der Waals surface area contributed by atoms with E-state index in [2.05, 4.69) is 15.0 Å². The molecular weight excluding hydrogens is 304 g/mol. The highest BCUT2D eigenvalue weighted by Gasteiger charge is 2.21. The zero-order valence-electron chi connectivity index (χ0n) is 13.9. The Morgan fingerprint density at radius 2 is 2.04 bits per heavy atom. The van der Waals surface area contributed by atoms with Crippen molar-refractivity contribution in [2.24, 2.45) is 7.05 Å². The van der Waals surface area contributed by atoms with Crippen molar-refractivity contribution in [3.05, 3.63) is 30.1 Å². The maximum atomic E-state index is 5.59. The summed E-state index contributed by atoms with van der Waals surface area (Å²) >= 11 is 0. The summed E-state index contributed by atoms with van der Waals surface area (Å²) in [7, 11) is 1.92. The van der Waals surface area contributed by atoms with Crippen molar-refractivity contribution < 1.29 is 4.74 Å². The van der Waals surface area contributed by atoms with E-state index in [9.17, 15) is 0 Å². The second kappa shape index (κ2) is 6.16. The molecule has 0 bridgehead atoms. The lowest BCUT2D eigenvalue weighted by Gasteiger charge is -2.22. The van der Waals surface area contributed by atoms with Crippen LogP contribution in [-0.4, -0.2) is 51.0 Å². The molecule has 0 spiro atoms. The minimum Gasteiger partial charge on any atom is -0.380 e. The summed E-state index contributed by atoms with van der Waals surface area (Å²) in [5.41, 5.74) is 2.55. The van der Waals surface area contributed by atoms with E-state index in [-0.39, 0.29) is 0 Å². The largest absolute Gasteiger partial charge is 0.380 e. The van der Waals surface area contributed by atoms with Gasteiger partial charge in [0, 0.05) is 32.9 Å². The van der Waals surface area contributed by atoms with Gasteiger partial charge in [0.2, 0.25) is 0 Å². The fourth-order valence-electron chi connectivity index (χ4n) is 3.11. The third kappa shape index (κ3) is 2.60. The van der Waals surface area contributed by atoms with Crippen LogP contribution in [0.2, 0.25) is 0 Å². The zero-order valence-corrected chi connectivity index (χ0v) is 13.9. The molecule has 7 nitrogen and oxygen atoms in total. The number of anilines is 1. The molecule has 0 saturated carbocycles. The lowest BCUT2D eigenvalue weighted by atomic mass is 10.2. The van der Waals surface area contributed by atoms with Gasteiger partial charge >= 0.3 is 0 Å². The van der Waals surface area contributed by atoms with E-state index >= 15 is 0 Å². The topological polar surface area (TPSA) is 69.0 Å². The average Bonchev–Trinajstić information content (AvgIpc) is 2.81. The van der Waals surface area contributed by atoms with Gasteiger partial charge in [0.05, 0.1) is 17.7 Å². The molecule has 3 aromatic rings.